The molecule has 2 aromatic rings. The van der Waals surface area contributed by atoms with Gasteiger partial charge in [0.05, 0.1) is 10.9 Å². The van der Waals surface area contributed by atoms with Crippen molar-refractivity contribution in [2.24, 2.45) is 5.11 Å². The lowest BCUT2D eigenvalue weighted by Gasteiger charge is -2.17. The van der Waals surface area contributed by atoms with Gasteiger partial charge in [-0.15, -0.1) is 0 Å². The minimum Gasteiger partial charge on any atom is -0.258 e. The van der Waals surface area contributed by atoms with Crippen molar-refractivity contribution in [3.05, 3.63) is 75.7 Å². The number of benzene rings is 2. The average Bonchev–Trinajstić information content (AvgIpc) is 2.86. The normalized spacial score (nSPS) is 19.9. The molecule has 0 aliphatic heterocycles. The van der Waals surface area contributed by atoms with Crippen LogP contribution in [0.2, 0.25) is 0 Å². The third-order valence-electron chi connectivity index (χ3n) is 3.88. The molecule has 2 atom stereocenters. The van der Waals surface area contributed by atoms with E-state index in [-0.39, 0.29) is 4.90 Å². The molecule has 3 rings (SSSR count). The summed E-state index contributed by atoms with van der Waals surface area (Å²) in [6.07, 6.45) is -0.331. The maximum absolute atomic E-state index is 12.5. The van der Waals surface area contributed by atoms with Gasteiger partial charge in [-0.2, -0.15) is 8.42 Å². The van der Waals surface area contributed by atoms with Gasteiger partial charge in [0.1, 0.15) is 6.10 Å². The minimum atomic E-state index is -3.94. The molecular weight excluding hydrogens is 314 g/mol. The van der Waals surface area contributed by atoms with E-state index in [0.29, 0.717) is 6.42 Å². The molecule has 2 aromatic carbocycles. The number of nitrogens with zero attached hydrogens (tertiary/aromatic N) is 3. The Kier molecular flexibility index (Phi) is 4.09. The minimum absolute atomic E-state index is 0.0900. The third-order valence-corrected chi connectivity index (χ3v) is 5.19. The van der Waals surface area contributed by atoms with Gasteiger partial charge in [-0.1, -0.05) is 47.1 Å². The van der Waals surface area contributed by atoms with Crippen molar-refractivity contribution in [3.8, 4) is 0 Å². The first-order valence-electron chi connectivity index (χ1n) is 7.13. The summed E-state index contributed by atoms with van der Waals surface area (Å²) in [5.41, 5.74) is 11.4. The molecule has 0 saturated carbocycles. The smallest absolute Gasteiger partial charge is 0.258 e. The lowest BCUT2D eigenvalue weighted by atomic mass is 10.1. The molecule has 0 unspecified atom stereocenters. The molecule has 7 heteroatoms. The van der Waals surface area contributed by atoms with Crippen molar-refractivity contribution in [1.29, 1.82) is 0 Å². The van der Waals surface area contributed by atoms with Crippen LogP contribution in [-0.2, 0) is 20.7 Å². The highest BCUT2D eigenvalue weighted by molar-refractivity contribution is 7.86. The Balaban J connectivity index is 1.96. The van der Waals surface area contributed by atoms with Crippen LogP contribution >= 0.6 is 0 Å². The fraction of sp³-hybridized carbons (Fsp3) is 0.250. The summed E-state index contributed by atoms with van der Waals surface area (Å²) in [6, 6.07) is 13.2. The summed E-state index contributed by atoms with van der Waals surface area (Å²) >= 11 is 0. The van der Waals surface area contributed by atoms with Gasteiger partial charge in [-0.05, 0) is 42.1 Å². The van der Waals surface area contributed by atoms with Crippen molar-refractivity contribution < 1.29 is 12.6 Å². The van der Waals surface area contributed by atoms with Crippen LogP contribution < -0.4 is 0 Å². The molecular formula is C16H15N3O3S. The molecule has 0 amide bonds. The monoisotopic (exact) mass is 329 g/mol. The molecule has 0 radical (unpaired) electrons. The molecule has 0 bridgehead atoms. The summed E-state index contributed by atoms with van der Waals surface area (Å²) in [5, 5.41) is 3.70. The Morgan fingerprint density at radius 3 is 2.57 bits per heavy atom. The molecule has 0 aromatic heterocycles. The van der Waals surface area contributed by atoms with Crippen molar-refractivity contribution in [3.63, 3.8) is 0 Å². The van der Waals surface area contributed by atoms with E-state index in [1.807, 2.05) is 25.1 Å². The Morgan fingerprint density at radius 2 is 1.87 bits per heavy atom. The van der Waals surface area contributed by atoms with E-state index in [1.165, 1.54) is 12.1 Å². The third kappa shape index (κ3) is 3.07. The van der Waals surface area contributed by atoms with Gasteiger partial charge in [0, 0.05) is 4.91 Å². The highest BCUT2D eigenvalue weighted by Gasteiger charge is 2.36. The van der Waals surface area contributed by atoms with E-state index in [0.717, 1.165) is 16.7 Å². The van der Waals surface area contributed by atoms with Crippen LogP contribution in [0.5, 0.6) is 0 Å². The fourth-order valence-corrected chi connectivity index (χ4v) is 3.80. The predicted octanol–water partition coefficient (Wildman–Crippen LogP) is 3.68. The average molecular weight is 329 g/mol. The van der Waals surface area contributed by atoms with Gasteiger partial charge < -0.3 is 0 Å². The summed E-state index contributed by atoms with van der Waals surface area (Å²) < 4.78 is 30.4. The first-order valence-corrected chi connectivity index (χ1v) is 8.54. The second kappa shape index (κ2) is 6.04. The van der Waals surface area contributed by atoms with Crippen molar-refractivity contribution in [2.45, 2.75) is 30.4 Å². The van der Waals surface area contributed by atoms with Crippen LogP contribution in [0.3, 0.4) is 0 Å². The molecule has 0 fully saturated rings. The van der Waals surface area contributed by atoms with Gasteiger partial charge >= 0.3 is 0 Å². The number of rotatable bonds is 4. The molecule has 0 heterocycles. The lowest BCUT2D eigenvalue weighted by molar-refractivity contribution is 0.194. The molecule has 1 aliphatic carbocycles. The Morgan fingerprint density at radius 1 is 1.17 bits per heavy atom. The molecule has 0 spiro atoms. The largest absolute Gasteiger partial charge is 0.297 e. The second-order valence-electron chi connectivity index (χ2n) is 5.46. The Bertz CT molecular complexity index is 872. The quantitative estimate of drug-likeness (QED) is 0.371. The van der Waals surface area contributed by atoms with Gasteiger partial charge in [0.2, 0.25) is 0 Å². The van der Waals surface area contributed by atoms with Crippen LogP contribution in [0, 0.1) is 6.92 Å². The summed E-state index contributed by atoms with van der Waals surface area (Å²) in [5.74, 6) is 0. The highest BCUT2D eigenvalue weighted by Crippen LogP contribution is 2.38. The second-order valence-corrected chi connectivity index (χ2v) is 7.03. The Hall–Kier alpha value is -2.34. The van der Waals surface area contributed by atoms with Crippen LogP contribution in [-0.4, -0.2) is 14.5 Å². The van der Waals surface area contributed by atoms with Gasteiger partial charge in [-0.25, -0.2) is 0 Å². The molecule has 0 saturated heterocycles. The zero-order valence-corrected chi connectivity index (χ0v) is 13.3. The van der Waals surface area contributed by atoms with Gasteiger partial charge in [-0.3, -0.25) is 4.18 Å². The summed E-state index contributed by atoms with van der Waals surface area (Å²) in [4.78, 5) is 2.91. The van der Waals surface area contributed by atoms with Crippen LogP contribution in [0.15, 0.2) is 58.5 Å². The van der Waals surface area contributed by atoms with Gasteiger partial charge in [0.25, 0.3) is 10.1 Å². The maximum atomic E-state index is 12.5. The summed E-state index contributed by atoms with van der Waals surface area (Å²) in [7, 11) is -3.94. The topological polar surface area (TPSA) is 92.1 Å². The molecule has 1 aliphatic rings. The van der Waals surface area contributed by atoms with E-state index in [2.05, 4.69) is 10.0 Å². The van der Waals surface area contributed by atoms with E-state index < -0.39 is 22.3 Å². The van der Waals surface area contributed by atoms with Crippen molar-refractivity contribution >= 4 is 10.1 Å². The molecule has 23 heavy (non-hydrogen) atoms. The Labute approximate surface area is 134 Å². The lowest BCUT2D eigenvalue weighted by Crippen LogP contribution is -2.19. The van der Waals surface area contributed by atoms with Gasteiger partial charge in [0.15, 0.2) is 0 Å². The molecule has 0 N–H and O–H groups in total. The molecule has 6 nitrogen and oxygen atoms in total. The molecule has 118 valence electrons. The van der Waals surface area contributed by atoms with E-state index in [4.69, 9.17) is 9.71 Å². The standard InChI is InChI=1S/C16H15N3O3S/c1-11-6-8-13(9-7-11)23(20,21)22-16-14-5-3-2-4-12(14)10-15(16)18-19-17/h2-9,15-16H,10H2,1H3/t15-,16+/m0/s1. The fourth-order valence-electron chi connectivity index (χ4n) is 2.72. The number of aryl methyl sites for hydroxylation is 1. The zero-order chi connectivity index (χ0) is 16.4. The van der Waals surface area contributed by atoms with E-state index >= 15 is 0 Å². The first kappa shape index (κ1) is 15.6. The van der Waals surface area contributed by atoms with Crippen LogP contribution in [0.4, 0.5) is 0 Å². The number of hydrogen-bond acceptors (Lipinski definition) is 4. The van der Waals surface area contributed by atoms with Crippen molar-refractivity contribution in [2.75, 3.05) is 0 Å². The summed E-state index contributed by atoms with van der Waals surface area (Å²) in [6.45, 7) is 1.88. The predicted molar refractivity (Wildman–Crippen MR) is 85.3 cm³/mol. The maximum Gasteiger partial charge on any atom is 0.297 e. The number of fused-ring (bicyclic) bond motifs is 1. The van der Waals surface area contributed by atoms with Crippen LogP contribution in [0.1, 0.15) is 22.8 Å². The van der Waals surface area contributed by atoms with Crippen molar-refractivity contribution in [1.82, 2.24) is 0 Å². The SMILES string of the molecule is Cc1ccc(S(=O)(=O)O[C@@H]2c3ccccc3C[C@@H]2N=[N+]=[N-])cc1. The van der Waals surface area contributed by atoms with E-state index in [9.17, 15) is 8.42 Å². The zero-order valence-electron chi connectivity index (χ0n) is 12.5. The first-order chi connectivity index (χ1) is 11.0. The van der Waals surface area contributed by atoms with E-state index in [1.54, 1.807) is 18.2 Å². The highest BCUT2D eigenvalue weighted by atomic mass is 32.2. The number of azide groups is 1. The van der Waals surface area contributed by atoms with Crippen LogP contribution in [0.25, 0.3) is 10.4 Å². The number of hydrogen-bond donors (Lipinski definition) is 0.